The summed E-state index contributed by atoms with van der Waals surface area (Å²) < 4.78 is 5.90. The number of piperidine rings is 1. The molecule has 1 atom stereocenters. The molecule has 1 unspecified atom stereocenters. The number of hydrogen-bond acceptors (Lipinski definition) is 3. The van der Waals surface area contributed by atoms with Crippen molar-refractivity contribution in [1.29, 1.82) is 0 Å². The van der Waals surface area contributed by atoms with E-state index < -0.39 is 0 Å². The molecule has 0 aromatic heterocycles. The summed E-state index contributed by atoms with van der Waals surface area (Å²) in [6, 6.07) is 0. The molecule has 0 spiro atoms. The lowest BCUT2D eigenvalue weighted by Crippen LogP contribution is -2.46. The number of ether oxygens (including phenoxy) is 1. The summed E-state index contributed by atoms with van der Waals surface area (Å²) in [5.74, 6) is 0. The van der Waals surface area contributed by atoms with E-state index in [9.17, 15) is 0 Å². The average Bonchev–Trinajstić information content (AvgIpc) is 2.34. The van der Waals surface area contributed by atoms with Crippen LogP contribution in [0.15, 0.2) is 0 Å². The molecule has 0 aromatic carbocycles. The molecule has 1 fully saturated rings. The Balaban J connectivity index is 2.32. The highest BCUT2D eigenvalue weighted by atomic mass is 16.5. The van der Waals surface area contributed by atoms with Crippen LogP contribution < -0.4 is 5.32 Å². The van der Waals surface area contributed by atoms with Gasteiger partial charge in [-0.3, -0.25) is 0 Å². The van der Waals surface area contributed by atoms with Gasteiger partial charge in [0.1, 0.15) is 0 Å². The molecule has 1 saturated heterocycles. The van der Waals surface area contributed by atoms with Crippen molar-refractivity contribution < 1.29 is 4.74 Å². The summed E-state index contributed by atoms with van der Waals surface area (Å²) in [6.45, 7) is 15.7. The van der Waals surface area contributed by atoms with Crippen LogP contribution in [0.3, 0.4) is 0 Å². The maximum Gasteiger partial charge on any atom is 0.0702 e. The molecule has 0 aromatic rings. The summed E-state index contributed by atoms with van der Waals surface area (Å²) in [4.78, 5) is 2.58. The lowest BCUT2D eigenvalue weighted by molar-refractivity contribution is -0.00883. The zero-order valence-corrected chi connectivity index (χ0v) is 12.8. The number of rotatable bonds is 8. The van der Waals surface area contributed by atoms with Gasteiger partial charge in [-0.2, -0.15) is 0 Å². The van der Waals surface area contributed by atoms with E-state index >= 15 is 0 Å². The maximum absolute atomic E-state index is 5.90. The third kappa shape index (κ3) is 6.17. The molecule has 0 radical (unpaired) electrons. The summed E-state index contributed by atoms with van der Waals surface area (Å²) in [5, 5.41) is 3.47. The Morgan fingerprint density at radius 1 is 1.33 bits per heavy atom. The highest BCUT2D eigenvalue weighted by Crippen LogP contribution is 2.20. The smallest absolute Gasteiger partial charge is 0.0702 e. The van der Waals surface area contributed by atoms with Crippen LogP contribution in [-0.4, -0.2) is 50.3 Å². The van der Waals surface area contributed by atoms with Gasteiger partial charge in [0.15, 0.2) is 0 Å². The molecule has 1 rings (SSSR count). The van der Waals surface area contributed by atoms with Gasteiger partial charge in [-0.05, 0) is 37.8 Å². The van der Waals surface area contributed by atoms with Crippen LogP contribution >= 0.6 is 0 Å². The van der Waals surface area contributed by atoms with E-state index in [1.807, 2.05) is 0 Å². The zero-order valence-electron chi connectivity index (χ0n) is 12.8. The quantitative estimate of drug-likeness (QED) is 0.722. The van der Waals surface area contributed by atoms with Crippen molar-refractivity contribution in [2.75, 3.05) is 39.3 Å². The van der Waals surface area contributed by atoms with Gasteiger partial charge in [-0.25, -0.2) is 0 Å². The Morgan fingerprint density at radius 3 is 2.78 bits per heavy atom. The van der Waals surface area contributed by atoms with Crippen molar-refractivity contribution >= 4 is 0 Å². The van der Waals surface area contributed by atoms with Gasteiger partial charge in [0, 0.05) is 26.2 Å². The Morgan fingerprint density at radius 2 is 2.11 bits per heavy atom. The first-order valence-corrected chi connectivity index (χ1v) is 7.62. The topological polar surface area (TPSA) is 24.5 Å². The van der Waals surface area contributed by atoms with Gasteiger partial charge in [-0.15, -0.1) is 0 Å². The second-order valence-electron chi connectivity index (χ2n) is 6.31. The van der Waals surface area contributed by atoms with Gasteiger partial charge < -0.3 is 15.0 Å². The number of likely N-dealkylation sites (tertiary alicyclic amines) is 1. The van der Waals surface area contributed by atoms with Gasteiger partial charge in [-0.1, -0.05) is 27.7 Å². The minimum absolute atomic E-state index is 0.350. The molecule has 1 heterocycles. The first kappa shape index (κ1) is 15.9. The second-order valence-corrected chi connectivity index (χ2v) is 6.31. The molecule has 18 heavy (non-hydrogen) atoms. The van der Waals surface area contributed by atoms with E-state index in [0.29, 0.717) is 11.5 Å². The minimum atomic E-state index is 0.350. The number of hydrogen-bond donors (Lipinski definition) is 1. The third-order valence-corrected chi connectivity index (χ3v) is 3.53. The van der Waals surface area contributed by atoms with E-state index in [1.165, 1.54) is 25.9 Å². The van der Waals surface area contributed by atoms with Crippen LogP contribution in [0.5, 0.6) is 0 Å². The largest absolute Gasteiger partial charge is 0.377 e. The predicted molar refractivity (Wildman–Crippen MR) is 78.0 cm³/mol. The summed E-state index contributed by atoms with van der Waals surface area (Å²) in [7, 11) is 0. The van der Waals surface area contributed by atoms with Crippen LogP contribution in [0.25, 0.3) is 0 Å². The SMILES string of the molecule is CCCOC1CCCN(CC(C)(C)CNCC)C1. The first-order chi connectivity index (χ1) is 8.57. The maximum atomic E-state index is 5.90. The van der Waals surface area contributed by atoms with E-state index in [-0.39, 0.29) is 0 Å². The van der Waals surface area contributed by atoms with Crippen molar-refractivity contribution in [3.8, 4) is 0 Å². The molecule has 0 amide bonds. The molecular formula is C15H32N2O. The van der Waals surface area contributed by atoms with Crippen LogP contribution in [-0.2, 0) is 4.74 Å². The molecule has 1 aliphatic heterocycles. The lowest BCUT2D eigenvalue weighted by Gasteiger charge is -2.38. The van der Waals surface area contributed by atoms with Crippen molar-refractivity contribution in [1.82, 2.24) is 10.2 Å². The molecule has 0 aliphatic carbocycles. The number of nitrogens with one attached hydrogen (secondary N) is 1. The second kappa shape index (κ2) is 8.13. The van der Waals surface area contributed by atoms with Gasteiger partial charge in [0.2, 0.25) is 0 Å². The van der Waals surface area contributed by atoms with Crippen LogP contribution in [0.2, 0.25) is 0 Å². The van der Waals surface area contributed by atoms with Crippen molar-refractivity contribution in [2.24, 2.45) is 5.41 Å². The van der Waals surface area contributed by atoms with Crippen LogP contribution in [0.1, 0.15) is 47.0 Å². The van der Waals surface area contributed by atoms with Crippen molar-refractivity contribution in [2.45, 2.75) is 53.1 Å². The highest BCUT2D eigenvalue weighted by molar-refractivity contribution is 4.80. The third-order valence-electron chi connectivity index (χ3n) is 3.53. The minimum Gasteiger partial charge on any atom is -0.377 e. The summed E-state index contributed by atoms with van der Waals surface area (Å²) in [5.41, 5.74) is 0.350. The van der Waals surface area contributed by atoms with E-state index in [4.69, 9.17) is 4.74 Å². The van der Waals surface area contributed by atoms with Gasteiger partial charge in [0.25, 0.3) is 0 Å². The van der Waals surface area contributed by atoms with Crippen LogP contribution in [0.4, 0.5) is 0 Å². The van der Waals surface area contributed by atoms with Crippen molar-refractivity contribution in [3.05, 3.63) is 0 Å². The Hall–Kier alpha value is -0.120. The Labute approximate surface area is 113 Å². The fraction of sp³-hybridized carbons (Fsp3) is 1.00. The van der Waals surface area contributed by atoms with E-state index in [0.717, 1.165) is 32.7 Å². The summed E-state index contributed by atoms with van der Waals surface area (Å²) >= 11 is 0. The Bertz CT molecular complexity index is 219. The molecule has 1 N–H and O–H groups in total. The monoisotopic (exact) mass is 256 g/mol. The first-order valence-electron chi connectivity index (χ1n) is 7.62. The molecule has 3 nitrogen and oxygen atoms in total. The average molecular weight is 256 g/mol. The zero-order chi connectivity index (χ0) is 13.4. The normalized spacial score (nSPS) is 22.3. The highest BCUT2D eigenvalue weighted by Gasteiger charge is 2.26. The molecule has 3 heteroatoms. The van der Waals surface area contributed by atoms with Crippen LogP contribution in [0, 0.1) is 5.41 Å². The van der Waals surface area contributed by atoms with E-state index in [1.54, 1.807) is 0 Å². The Kier molecular flexibility index (Phi) is 7.20. The lowest BCUT2D eigenvalue weighted by atomic mass is 9.91. The molecule has 0 saturated carbocycles. The fourth-order valence-electron chi connectivity index (χ4n) is 2.70. The molecule has 0 bridgehead atoms. The van der Waals surface area contributed by atoms with Gasteiger partial charge in [0.05, 0.1) is 6.10 Å². The van der Waals surface area contributed by atoms with Crippen molar-refractivity contribution in [3.63, 3.8) is 0 Å². The van der Waals surface area contributed by atoms with Gasteiger partial charge >= 0.3 is 0 Å². The standard InChI is InChI=1S/C15H32N2O/c1-5-10-18-14-8-7-9-17(11-14)13-15(3,4)12-16-6-2/h14,16H,5-13H2,1-4H3. The summed E-state index contributed by atoms with van der Waals surface area (Å²) in [6.07, 6.45) is 4.12. The fourth-order valence-corrected chi connectivity index (χ4v) is 2.70. The molecule has 1 aliphatic rings. The predicted octanol–water partition coefficient (Wildman–Crippen LogP) is 2.51. The number of nitrogens with zero attached hydrogens (tertiary/aromatic N) is 1. The molecule has 108 valence electrons. The molecular weight excluding hydrogens is 224 g/mol. The van der Waals surface area contributed by atoms with E-state index in [2.05, 4.69) is 37.9 Å².